The molecule has 0 radical (unpaired) electrons. The summed E-state index contributed by atoms with van der Waals surface area (Å²) in [4.78, 5) is 25.5. The molecule has 0 atom stereocenters. The summed E-state index contributed by atoms with van der Waals surface area (Å²) < 4.78 is 0. The summed E-state index contributed by atoms with van der Waals surface area (Å²) in [7, 11) is 0. The highest BCUT2D eigenvalue weighted by Gasteiger charge is 2.13. The first-order valence-electron chi connectivity index (χ1n) is 8.36. The molecule has 132 valence electrons. The molecule has 0 spiro atoms. The van der Waals surface area contributed by atoms with Crippen LogP contribution >= 0.6 is 11.6 Å². The van der Waals surface area contributed by atoms with Crippen molar-refractivity contribution in [3.8, 4) is 0 Å². The summed E-state index contributed by atoms with van der Waals surface area (Å²) in [5.41, 5.74) is 2.09. The van der Waals surface area contributed by atoms with Crippen molar-refractivity contribution in [3.63, 3.8) is 0 Å². The van der Waals surface area contributed by atoms with Gasteiger partial charge in [0.2, 0.25) is 11.8 Å². The average Bonchev–Trinajstić information content (AvgIpc) is 2.61. The minimum absolute atomic E-state index is 0.0641. The monoisotopic (exact) mass is 358 g/mol. The van der Waals surface area contributed by atoms with Crippen molar-refractivity contribution >= 4 is 23.4 Å². The maximum absolute atomic E-state index is 12.1. The fourth-order valence-corrected chi connectivity index (χ4v) is 2.73. The van der Waals surface area contributed by atoms with Crippen molar-refractivity contribution in [1.29, 1.82) is 0 Å². The normalized spacial score (nSPS) is 10.3. The Morgan fingerprint density at radius 2 is 1.72 bits per heavy atom. The van der Waals surface area contributed by atoms with Gasteiger partial charge in [-0.15, -0.1) is 0 Å². The first kappa shape index (κ1) is 19.0. The lowest BCUT2D eigenvalue weighted by Crippen LogP contribution is -2.40. The van der Waals surface area contributed by atoms with Crippen LogP contribution in [0.4, 0.5) is 0 Å². The number of hydrogen-bond donors (Lipinski definition) is 1. The highest BCUT2D eigenvalue weighted by molar-refractivity contribution is 6.31. The van der Waals surface area contributed by atoms with Gasteiger partial charge >= 0.3 is 0 Å². The predicted octanol–water partition coefficient (Wildman–Crippen LogP) is 3.44. The standard InChI is InChI=1S/C20H23ClN2O2/c1-16(24)23(13-7-10-17-8-3-2-4-9-17)15-20(25)22-14-18-11-5-6-12-19(18)21/h2-6,8-9,11-12H,7,10,13-15H2,1H3,(H,22,25). The molecule has 0 aliphatic rings. The van der Waals surface area contributed by atoms with Crippen LogP contribution in [0.2, 0.25) is 5.02 Å². The Labute approximate surface area is 153 Å². The van der Waals surface area contributed by atoms with Gasteiger partial charge in [0, 0.05) is 25.0 Å². The number of rotatable bonds is 8. The first-order valence-corrected chi connectivity index (χ1v) is 8.73. The number of halogens is 1. The maximum atomic E-state index is 12.1. The topological polar surface area (TPSA) is 49.4 Å². The molecule has 25 heavy (non-hydrogen) atoms. The largest absolute Gasteiger partial charge is 0.350 e. The van der Waals surface area contributed by atoms with Gasteiger partial charge in [0.05, 0.1) is 6.54 Å². The molecule has 0 aromatic heterocycles. The highest BCUT2D eigenvalue weighted by Crippen LogP contribution is 2.14. The predicted molar refractivity (Wildman–Crippen MR) is 100 cm³/mol. The van der Waals surface area contributed by atoms with Gasteiger partial charge in [-0.25, -0.2) is 0 Å². The second-order valence-electron chi connectivity index (χ2n) is 5.90. The van der Waals surface area contributed by atoms with Crippen LogP contribution in [0.15, 0.2) is 54.6 Å². The Hall–Kier alpha value is -2.33. The number of nitrogens with zero attached hydrogens (tertiary/aromatic N) is 1. The summed E-state index contributed by atoms with van der Waals surface area (Å²) >= 11 is 6.07. The maximum Gasteiger partial charge on any atom is 0.239 e. The highest BCUT2D eigenvalue weighted by atomic mass is 35.5. The second-order valence-corrected chi connectivity index (χ2v) is 6.31. The van der Waals surface area contributed by atoms with E-state index in [1.807, 2.05) is 36.4 Å². The third-order valence-electron chi connectivity index (χ3n) is 3.95. The SMILES string of the molecule is CC(=O)N(CCCc1ccccc1)CC(=O)NCc1ccccc1Cl. The lowest BCUT2D eigenvalue weighted by molar-refractivity contribution is -0.134. The van der Waals surface area contributed by atoms with E-state index in [1.54, 1.807) is 11.0 Å². The van der Waals surface area contributed by atoms with Gasteiger partial charge < -0.3 is 10.2 Å². The molecule has 2 rings (SSSR count). The molecule has 0 unspecified atom stereocenters. The lowest BCUT2D eigenvalue weighted by atomic mass is 10.1. The molecule has 0 saturated carbocycles. The zero-order valence-electron chi connectivity index (χ0n) is 14.4. The number of aryl methyl sites for hydroxylation is 1. The molecule has 0 bridgehead atoms. The molecule has 2 aromatic carbocycles. The van der Waals surface area contributed by atoms with Crippen LogP contribution in [0.3, 0.4) is 0 Å². The fourth-order valence-electron chi connectivity index (χ4n) is 2.53. The fraction of sp³-hybridized carbons (Fsp3) is 0.300. The van der Waals surface area contributed by atoms with E-state index in [0.717, 1.165) is 18.4 Å². The second kappa shape index (κ2) is 9.84. The summed E-state index contributed by atoms with van der Waals surface area (Å²) in [5, 5.41) is 3.44. The lowest BCUT2D eigenvalue weighted by Gasteiger charge is -2.20. The molecule has 0 aliphatic carbocycles. The third-order valence-corrected chi connectivity index (χ3v) is 4.32. The molecular weight excluding hydrogens is 336 g/mol. The van der Waals surface area contributed by atoms with E-state index in [1.165, 1.54) is 12.5 Å². The molecular formula is C20H23ClN2O2. The van der Waals surface area contributed by atoms with E-state index < -0.39 is 0 Å². The summed E-state index contributed by atoms with van der Waals surface area (Å²) in [6, 6.07) is 17.5. The van der Waals surface area contributed by atoms with E-state index >= 15 is 0 Å². The number of hydrogen-bond acceptors (Lipinski definition) is 2. The Bertz CT molecular complexity index is 704. The van der Waals surface area contributed by atoms with Crippen molar-refractivity contribution in [3.05, 3.63) is 70.7 Å². The molecule has 4 nitrogen and oxygen atoms in total. The van der Waals surface area contributed by atoms with Crippen molar-refractivity contribution in [2.24, 2.45) is 0 Å². The Morgan fingerprint density at radius 1 is 1.04 bits per heavy atom. The smallest absolute Gasteiger partial charge is 0.239 e. The number of nitrogens with one attached hydrogen (secondary N) is 1. The van der Waals surface area contributed by atoms with Crippen molar-refractivity contribution in [2.45, 2.75) is 26.3 Å². The average molecular weight is 359 g/mol. The Kier molecular flexibility index (Phi) is 7.48. The van der Waals surface area contributed by atoms with Crippen LogP contribution in [-0.4, -0.2) is 29.8 Å². The summed E-state index contributed by atoms with van der Waals surface area (Å²) in [5.74, 6) is -0.282. The van der Waals surface area contributed by atoms with Crippen molar-refractivity contribution in [2.75, 3.05) is 13.1 Å². The first-order chi connectivity index (χ1) is 12.1. The van der Waals surface area contributed by atoms with E-state index in [0.29, 0.717) is 18.1 Å². The van der Waals surface area contributed by atoms with Gasteiger partial charge in [0.15, 0.2) is 0 Å². The molecule has 1 N–H and O–H groups in total. The zero-order chi connectivity index (χ0) is 18.1. The van der Waals surface area contributed by atoms with Crippen LogP contribution in [0.25, 0.3) is 0 Å². The molecule has 2 amide bonds. The van der Waals surface area contributed by atoms with Gasteiger partial charge in [-0.05, 0) is 30.0 Å². The van der Waals surface area contributed by atoms with Crippen molar-refractivity contribution in [1.82, 2.24) is 10.2 Å². The Morgan fingerprint density at radius 3 is 2.40 bits per heavy atom. The van der Waals surface area contributed by atoms with E-state index in [9.17, 15) is 9.59 Å². The van der Waals surface area contributed by atoms with Gasteiger partial charge in [0.25, 0.3) is 0 Å². The number of benzene rings is 2. The molecule has 0 aliphatic heterocycles. The van der Waals surface area contributed by atoms with Crippen molar-refractivity contribution < 1.29 is 9.59 Å². The summed E-state index contributed by atoms with van der Waals surface area (Å²) in [6.07, 6.45) is 1.70. The zero-order valence-corrected chi connectivity index (χ0v) is 15.1. The molecule has 0 fully saturated rings. The van der Waals surface area contributed by atoms with Crippen LogP contribution in [0, 0.1) is 0 Å². The van der Waals surface area contributed by atoms with E-state index in [4.69, 9.17) is 11.6 Å². The number of amides is 2. The minimum Gasteiger partial charge on any atom is -0.350 e. The van der Waals surface area contributed by atoms with Gasteiger partial charge in [-0.3, -0.25) is 9.59 Å². The van der Waals surface area contributed by atoms with Crippen LogP contribution in [-0.2, 0) is 22.6 Å². The molecule has 0 heterocycles. The van der Waals surface area contributed by atoms with E-state index in [-0.39, 0.29) is 18.4 Å². The minimum atomic E-state index is -0.185. The van der Waals surface area contributed by atoms with Crippen LogP contribution in [0.1, 0.15) is 24.5 Å². The van der Waals surface area contributed by atoms with Gasteiger partial charge in [-0.1, -0.05) is 60.1 Å². The van der Waals surface area contributed by atoms with Crippen LogP contribution < -0.4 is 5.32 Å². The molecule has 0 saturated heterocycles. The Balaban J connectivity index is 1.78. The number of carbonyl (C=O) groups is 2. The third kappa shape index (κ3) is 6.59. The van der Waals surface area contributed by atoms with Gasteiger partial charge in [0.1, 0.15) is 0 Å². The van der Waals surface area contributed by atoms with Crippen LogP contribution in [0.5, 0.6) is 0 Å². The number of carbonyl (C=O) groups excluding carboxylic acids is 2. The van der Waals surface area contributed by atoms with E-state index in [2.05, 4.69) is 17.4 Å². The molecule has 2 aromatic rings. The quantitative estimate of drug-likeness (QED) is 0.785. The molecule has 5 heteroatoms. The van der Waals surface area contributed by atoms with Gasteiger partial charge in [-0.2, -0.15) is 0 Å². The summed E-state index contributed by atoms with van der Waals surface area (Å²) in [6.45, 7) is 2.47.